The molecule has 0 saturated heterocycles. The van der Waals surface area contributed by atoms with Crippen molar-refractivity contribution in [3.63, 3.8) is 0 Å². The quantitative estimate of drug-likeness (QED) is 0.378. The van der Waals surface area contributed by atoms with E-state index in [9.17, 15) is 4.79 Å². The van der Waals surface area contributed by atoms with Gasteiger partial charge in [0, 0.05) is 28.2 Å². The molecule has 1 aromatic heterocycles. The molecule has 0 radical (unpaired) electrons. The number of aryl methyl sites for hydroxylation is 1. The van der Waals surface area contributed by atoms with Crippen molar-refractivity contribution in [2.45, 2.75) is 19.8 Å². The summed E-state index contributed by atoms with van der Waals surface area (Å²) in [5.74, 6) is 0.0292. The minimum atomic E-state index is 0.0292. The van der Waals surface area contributed by atoms with Crippen molar-refractivity contribution in [1.29, 1.82) is 0 Å². The van der Waals surface area contributed by atoms with E-state index >= 15 is 0 Å². The Hall–Kier alpha value is -3.17. The summed E-state index contributed by atoms with van der Waals surface area (Å²) in [7, 11) is 0. The van der Waals surface area contributed by atoms with Crippen molar-refractivity contribution in [3.05, 3.63) is 94.5 Å². The van der Waals surface area contributed by atoms with Gasteiger partial charge in [0.15, 0.2) is 0 Å². The Balaban J connectivity index is 1.73. The van der Waals surface area contributed by atoms with Gasteiger partial charge in [0.25, 0.3) is 5.91 Å². The van der Waals surface area contributed by atoms with E-state index in [0.717, 1.165) is 52.8 Å². The van der Waals surface area contributed by atoms with Gasteiger partial charge in [0.2, 0.25) is 0 Å². The first kappa shape index (κ1) is 18.8. The highest BCUT2D eigenvalue weighted by Crippen LogP contribution is 2.34. The predicted octanol–water partition coefficient (Wildman–Crippen LogP) is 6.46. The lowest BCUT2D eigenvalue weighted by Gasteiger charge is -2.30. The molecule has 3 nitrogen and oxygen atoms in total. The van der Waals surface area contributed by atoms with Crippen LogP contribution in [-0.2, 0) is 6.42 Å². The number of carbonyl (C=O) groups is 1. The van der Waals surface area contributed by atoms with Crippen LogP contribution in [0.25, 0.3) is 22.2 Å². The minimum Gasteiger partial charge on any atom is -0.308 e. The number of pyridine rings is 1. The van der Waals surface area contributed by atoms with Crippen LogP contribution in [0.2, 0.25) is 5.02 Å². The Morgan fingerprint density at radius 1 is 1.00 bits per heavy atom. The van der Waals surface area contributed by atoms with Gasteiger partial charge in [-0.1, -0.05) is 60.1 Å². The van der Waals surface area contributed by atoms with Crippen LogP contribution in [0.4, 0.5) is 5.69 Å². The first-order valence-electron chi connectivity index (χ1n) is 10.2. The summed E-state index contributed by atoms with van der Waals surface area (Å²) < 4.78 is 0. The second-order valence-electron chi connectivity index (χ2n) is 7.68. The number of hydrogen-bond acceptors (Lipinski definition) is 2. The number of rotatable bonds is 2. The standard InChI is InChI=1S/C26H21ClN2O/c1-17-24(26(30)29-15-7-10-18-8-2-5-14-23(18)29)21-12-3-4-13-22(21)28-25(17)19-9-6-11-20(27)16-19/h2-6,8-9,11-14,16H,7,10,15H2,1H3. The second-order valence-corrected chi connectivity index (χ2v) is 8.11. The predicted molar refractivity (Wildman–Crippen MR) is 123 cm³/mol. The molecule has 0 aliphatic carbocycles. The molecule has 30 heavy (non-hydrogen) atoms. The number of carbonyl (C=O) groups excluding carboxylic acids is 1. The van der Waals surface area contributed by atoms with Crippen LogP contribution in [0.1, 0.15) is 27.9 Å². The van der Waals surface area contributed by atoms with Gasteiger partial charge >= 0.3 is 0 Å². The molecule has 0 saturated carbocycles. The summed E-state index contributed by atoms with van der Waals surface area (Å²) in [6, 6.07) is 23.7. The zero-order chi connectivity index (χ0) is 20.7. The van der Waals surface area contributed by atoms with Crippen LogP contribution in [0.5, 0.6) is 0 Å². The number of nitrogens with zero attached hydrogens (tertiary/aromatic N) is 2. The lowest BCUT2D eigenvalue weighted by atomic mass is 9.95. The SMILES string of the molecule is Cc1c(-c2cccc(Cl)c2)nc2ccccc2c1C(=O)N1CCCc2ccccc21. The van der Waals surface area contributed by atoms with Crippen LogP contribution in [-0.4, -0.2) is 17.4 Å². The Labute approximate surface area is 180 Å². The van der Waals surface area contributed by atoms with Gasteiger partial charge in [-0.05, 0) is 55.2 Å². The zero-order valence-electron chi connectivity index (χ0n) is 16.7. The Morgan fingerprint density at radius 2 is 1.80 bits per heavy atom. The molecule has 0 unspecified atom stereocenters. The van der Waals surface area contributed by atoms with Gasteiger partial charge in [-0.3, -0.25) is 4.79 Å². The van der Waals surface area contributed by atoms with Crippen molar-refractivity contribution < 1.29 is 4.79 Å². The third-order valence-corrected chi connectivity index (χ3v) is 6.04. The zero-order valence-corrected chi connectivity index (χ0v) is 17.5. The highest BCUT2D eigenvalue weighted by atomic mass is 35.5. The second kappa shape index (κ2) is 7.58. The molecule has 1 amide bonds. The van der Waals surface area contributed by atoms with E-state index in [-0.39, 0.29) is 5.91 Å². The van der Waals surface area contributed by atoms with Crippen LogP contribution < -0.4 is 4.90 Å². The fraction of sp³-hybridized carbons (Fsp3) is 0.154. The van der Waals surface area contributed by atoms with E-state index in [1.807, 2.05) is 78.6 Å². The van der Waals surface area contributed by atoms with Gasteiger partial charge in [-0.25, -0.2) is 4.98 Å². The van der Waals surface area contributed by atoms with Gasteiger partial charge < -0.3 is 4.90 Å². The van der Waals surface area contributed by atoms with E-state index in [4.69, 9.17) is 16.6 Å². The summed E-state index contributed by atoms with van der Waals surface area (Å²) in [6.07, 6.45) is 1.97. The average Bonchev–Trinajstić information content (AvgIpc) is 2.78. The van der Waals surface area contributed by atoms with Crippen LogP contribution in [0.3, 0.4) is 0 Å². The van der Waals surface area contributed by atoms with Gasteiger partial charge in [0.05, 0.1) is 16.8 Å². The molecule has 1 aliphatic rings. The van der Waals surface area contributed by atoms with Crippen molar-refractivity contribution in [2.24, 2.45) is 0 Å². The Kier molecular flexibility index (Phi) is 4.76. The van der Waals surface area contributed by atoms with Gasteiger partial charge in [-0.15, -0.1) is 0 Å². The number of para-hydroxylation sites is 2. The molecule has 148 valence electrons. The maximum atomic E-state index is 13.9. The first-order valence-corrected chi connectivity index (χ1v) is 10.6. The molecule has 0 atom stereocenters. The van der Waals surface area contributed by atoms with Crippen molar-refractivity contribution in [2.75, 3.05) is 11.4 Å². The van der Waals surface area contributed by atoms with E-state index in [1.165, 1.54) is 5.56 Å². The van der Waals surface area contributed by atoms with E-state index in [2.05, 4.69) is 6.07 Å². The summed E-state index contributed by atoms with van der Waals surface area (Å²) in [5, 5.41) is 1.54. The van der Waals surface area contributed by atoms with E-state index in [0.29, 0.717) is 10.6 Å². The third-order valence-electron chi connectivity index (χ3n) is 5.80. The van der Waals surface area contributed by atoms with Crippen LogP contribution >= 0.6 is 11.6 Å². The van der Waals surface area contributed by atoms with Crippen molar-refractivity contribution in [1.82, 2.24) is 4.98 Å². The summed E-state index contributed by atoms with van der Waals surface area (Å²) in [5.41, 5.74) is 6.35. The number of amides is 1. The molecule has 4 heteroatoms. The number of anilines is 1. The average molecular weight is 413 g/mol. The maximum Gasteiger partial charge on any atom is 0.259 e. The molecular formula is C26H21ClN2O. The number of hydrogen-bond donors (Lipinski definition) is 0. The molecule has 0 bridgehead atoms. The molecule has 0 N–H and O–H groups in total. The number of aromatic nitrogens is 1. The highest BCUT2D eigenvalue weighted by molar-refractivity contribution is 6.30. The number of benzene rings is 3. The molecule has 1 aliphatic heterocycles. The Bertz CT molecular complexity index is 1280. The first-order chi connectivity index (χ1) is 14.6. The molecule has 5 rings (SSSR count). The molecule has 0 fully saturated rings. The Morgan fingerprint density at radius 3 is 2.67 bits per heavy atom. The lowest BCUT2D eigenvalue weighted by Crippen LogP contribution is -2.36. The molecule has 3 aromatic carbocycles. The van der Waals surface area contributed by atoms with E-state index in [1.54, 1.807) is 0 Å². The number of halogens is 1. The molecule has 0 spiro atoms. The number of fused-ring (bicyclic) bond motifs is 2. The van der Waals surface area contributed by atoms with Crippen molar-refractivity contribution in [3.8, 4) is 11.3 Å². The molecular weight excluding hydrogens is 392 g/mol. The van der Waals surface area contributed by atoms with Crippen LogP contribution in [0.15, 0.2) is 72.8 Å². The molecule has 4 aromatic rings. The summed E-state index contributed by atoms with van der Waals surface area (Å²) >= 11 is 6.24. The smallest absolute Gasteiger partial charge is 0.259 e. The summed E-state index contributed by atoms with van der Waals surface area (Å²) in [6.45, 7) is 2.71. The van der Waals surface area contributed by atoms with Crippen LogP contribution in [0, 0.1) is 6.92 Å². The summed E-state index contributed by atoms with van der Waals surface area (Å²) in [4.78, 5) is 20.7. The maximum absolute atomic E-state index is 13.9. The van der Waals surface area contributed by atoms with E-state index < -0.39 is 0 Å². The van der Waals surface area contributed by atoms with Gasteiger partial charge in [0.1, 0.15) is 0 Å². The fourth-order valence-electron chi connectivity index (χ4n) is 4.38. The largest absolute Gasteiger partial charge is 0.308 e. The fourth-order valence-corrected chi connectivity index (χ4v) is 4.57. The topological polar surface area (TPSA) is 33.2 Å². The lowest BCUT2D eigenvalue weighted by molar-refractivity contribution is 0.0986. The minimum absolute atomic E-state index is 0.0292. The van der Waals surface area contributed by atoms with Gasteiger partial charge in [-0.2, -0.15) is 0 Å². The normalized spacial score (nSPS) is 13.3. The third kappa shape index (κ3) is 3.16. The van der Waals surface area contributed by atoms with Crippen molar-refractivity contribution >= 4 is 34.1 Å². The molecule has 2 heterocycles. The highest BCUT2D eigenvalue weighted by Gasteiger charge is 2.27. The monoisotopic (exact) mass is 412 g/mol.